The smallest absolute Gasteiger partial charge is 0.134 e. The number of ether oxygens (including phenoxy) is 2. The molecule has 0 saturated carbocycles. The molecule has 6 aromatic carbocycles. The molecule has 0 radical (unpaired) electrons. The summed E-state index contributed by atoms with van der Waals surface area (Å²) in [5, 5.41) is 0. The van der Waals surface area contributed by atoms with Crippen molar-refractivity contribution in [1.82, 2.24) is 0 Å². The minimum atomic E-state index is -0.612. The molecule has 0 saturated heterocycles. The highest BCUT2D eigenvalue weighted by molar-refractivity contribution is 5.87. The third kappa shape index (κ3) is 6.56. The second-order valence-corrected chi connectivity index (χ2v) is 16.7. The van der Waals surface area contributed by atoms with E-state index in [0.29, 0.717) is 0 Å². The van der Waals surface area contributed by atoms with Crippen molar-refractivity contribution in [2.45, 2.75) is 98.3 Å². The minimum absolute atomic E-state index is 0.196. The number of nitrogens with two attached hydrogens (primary N) is 2. The summed E-state index contributed by atoms with van der Waals surface area (Å²) in [6, 6.07) is 39.5. The molecule has 6 aromatic rings. The molecule has 0 aromatic heterocycles. The Bertz CT molecular complexity index is 2170. The van der Waals surface area contributed by atoms with Crippen molar-refractivity contribution in [2.75, 3.05) is 11.5 Å². The van der Waals surface area contributed by atoms with Crippen molar-refractivity contribution in [2.24, 2.45) is 0 Å². The van der Waals surface area contributed by atoms with Gasteiger partial charge in [-0.05, 0) is 141 Å². The van der Waals surface area contributed by atoms with Crippen LogP contribution in [0.25, 0.3) is 11.1 Å². The van der Waals surface area contributed by atoms with Crippen molar-refractivity contribution in [3.8, 4) is 34.1 Å². The first-order valence-electron chi connectivity index (χ1n) is 19.9. The third-order valence-corrected chi connectivity index (χ3v) is 11.4. The quantitative estimate of drug-likeness (QED) is 0.138. The van der Waals surface area contributed by atoms with Gasteiger partial charge in [-0.2, -0.15) is 0 Å². The van der Waals surface area contributed by atoms with Crippen LogP contribution in [-0.2, 0) is 5.41 Å². The number of hydrogen-bond acceptors (Lipinski definition) is 4. The monoisotopic (exact) mass is 728 g/mol. The van der Waals surface area contributed by atoms with E-state index in [0.717, 1.165) is 45.5 Å². The van der Waals surface area contributed by atoms with Crippen LogP contribution in [0.15, 0.2) is 109 Å². The summed E-state index contributed by atoms with van der Waals surface area (Å²) < 4.78 is 13.9. The van der Waals surface area contributed by atoms with E-state index in [9.17, 15) is 0 Å². The summed E-state index contributed by atoms with van der Waals surface area (Å²) >= 11 is 0. The summed E-state index contributed by atoms with van der Waals surface area (Å²) in [5.74, 6) is 4.31. The van der Waals surface area contributed by atoms with Gasteiger partial charge in [-0.3, -0.25) is 0 Å². The zero-order chi connectivity index (χ0) is 39.3. The maximum absolute atomic E-state index is 6.95. The standard InChI is InChI=1S/C51H56N2O2/c1-29(2)41-25-35(26-42(30(3)4)49(41)54-47-21-19-37(52)23-33(47)9)51(45-17-13-11-15-39(45)40-16-12-14-18-46(40)51)36-27-43(31(5)6)50(44(28-36)32(7)8)55-48-22-20-38(53)24-34(48)10/h11-32H,52-53H2,1-10H3. The highest BCUT2D eigenvalue weighted by atomic mass is 16.5. The van der Waals surface area contributed by atoms with E-state index in [1.54, 1.807) is 0 Å². The molecule has 0 fully saturated rings. The maximum Gasteiger partial charge on any atom is 0.134 e. The lowest BCUT2D eigenvalue weighted by atomic mass is 9.65. The van der Waals surface area contributed by atoms with E-state index in [1.165, 1.54) is 55.6 Å². The topological polar surface area (TPSA) is 70.5 Å². The molecule has 7 rings (SSSR count). The zero-order valence-electron chi connectivity index (χ0n) is 34.2. The highest BCUT2D eigenvalue weighted by Gasteiger charge is 2.47. The van der Waals surface area contributed by atoms with Gasteiger partial charge in [0.05, 0.1) is 5.41 Å². The third-order valence-electron chi connectivity index (χ3n) is 11.4. The first-order valence-corrected chi connectivity index (χ1v) is 19.9. The van der Waals surface area contributed by atoms with Gasteiger partial charge in [-0.1, -0.05) is 128 Å². The number of aryl methyl sites for hydroxylation is 2. The molecule has 282 valence electrons. The molecular formula is C51H56N2O2. The van der Waals surface area contributed by atoms with Crippen LogP contribution < -0.4 is 20.9 Å². The molecule has 4 N–H and O–H groups in total. The van der Waals surface area contributed by atoms with Gasteiger partial charge in [0.15, 0.2) is 0 Å². The van der Waals surface area contributed by atoms with Crippen LogP contribution in [0.2, 0.25) is 0 Å². The SMILES string of the molecule is Cc1cc(N)ccc1Oc1c(C(C)C)cc(C2(c3cc(C(C)C)c(Oc4ccc(N)cc4C)c(C(C)C)c3)c3ccccc3-c3ccccc32)cc1C(C)C. The predicted octanol–water partition coefficient (Wildman–Crippen LogP) is 13.9. The van der Waals surface area contributed by atoms with Crippen molar-refractivity contribution >= 4 is 11.4 Å². The van der Waals surface area contributed by atoms with Crippen molar-refractivity contribution < 1.29 is 9.47 Å². The normalized spacial score (nSPS) is 13.1. The van der Waals surface area contributed by atoms with Crippen molar-refractivity contribution in [3.05, 3.63) is 165 Å². The number of fused-ring (bicyclic) bond motifs is 3. The fourth-order valence-electron chi connectivity index (χ4n) is 8.55. The molecule has 0 heterocycles. The molecular weight excluding hydrogens is 673 g/mol. The Hall–Kier alpha value is -5.48. The van der Waals surface area contributed by atoms with Crippen LogP contribution in [0, 0.1) is 13.8 Å². The minimum Gasteiger partial charge on any atom is -0.456 e. The van der Waals surface area contributed by atoms with Crippen LogP contribution >= 0.6 is 0 Å². The Balaban J connectivity index is 1.58. The average Bonchev–Trinajstić information content (AvgIpc) is 3.44. The maximum atomic E-state index is 6.95. The Labute approximate surface area is 328 Å². The molecule has 0 amide bonds. The first kappa shape index (κ1) is 37.8. The van der Waals surface area contributed by atoms with E-state index >= 15 is 0 Å². The summed E-state index contributed by atoms with van der Waals surface area (Å²) in [5.41, 5.74) is 27.6. The lowest BCUT2D eigenvalue weighted by Gasteiger charge is -2.37. The fourth-order valence-corrected chi connectivity index (χ4v) is 8.55. The molecule has 1 aliphatic carbocycles. The van der Waals surface area contributed by atoms with Gasteiger partial charge >= 0.3 is 0 Å². The van der Waals surface area contributed by atoms with Gasteiger partial charge < -0.3 is 20.9 Å². The average molecular weight is 729 g/mol. The molecule has 1 aliphatic rings. The summed E-state index contributed by atoms with van der Waals surface area (Å²) in [7, 11) is 0. The fraction of sp³-hybridized carbons (Fsp3) is 0.294. The highest BCUT2D eigenvalue weighted by Crippen LogP contribution is 2.58. The van der Waals surface area contributed by atoms with Gasteiger partial charge in [-0.15, -0.1) is 0 Å². The summed E-state index contributed by atoms with van der Waals surface area (Å²) in [4.78, 5) is 0. The molecule has 0 atom stereocenters. The predicted molar refractivity (Wildman–Crippen MR) is 231 cm³/mol. The van der Waals surface area contributed by atoms with Crippen molar-refractivity contribution in [3.63, 3.8) is 0 Å². The first-order chi connectivity index (χ1) is 26.2. The molecule has 0 aliphatic heterocycles. The van der Waals surface area contributed by atoms with E-state index in [4.69, 9.17) is 20.9 Å². The lowest BCUT2D eigenvalue weighted by Crippen LogP contribution is -2.30. The van der Waals surface area contributed by atoms with E-state index in [1.807, 2.05) is 36.4 Å². The second kappa shape index (κ2) is 14.6. The van der Waals surface area contributed by atoms with Gasteiger partial charge in [0.1, 0.15) is 23.0 Å². The molecule has 4 nitrogen and oxygen atoms in total. The molecule has 4 heteroatoms. The Morgan fingerprint density at radius 2 is 0.764 bits per heavy atom. The van der Waals surface area contributed by atoms with Crippen molar-refractivity contribution in [1.29, 1.82) is 0 Å². The second-order valence-electron chi connectivity index (χ2n) is 16.7. The van der Waals surface area contributed by atoms with Gasteiger partial charge in [-0.25, -0.2) is 0 Å². The summed E-state index contributed by atoms with van der Waals surface area (Å²) in [6.07, 6.45) is 0. The molecule has 0 bridgehead atoms. The zero-order valence-corrected chi connectivity index (χ0v) is 34.2. The molecule has 0 unspecified atom stereocenters. The molecule has 0 spiro atoms. The van der Waals surface area contributed by atoms with Crippen LogP contribution in [0.4, 0.5) is 11.4 Å². The van der Waals surface area contributed by atoms with Gasteiger partial charge in [0.2, 0.25) is 0 Å². The number of benzene rings is 6. The number of hydrogen-bond donors (Lipinski definition) is 2. The Morgan fingerprint density at radius 1 is 0.436 bits per heavy atom. The van der Waals surface area contributed by atoms with E-state index in [-0.39, 0.29) is 23.7 Å². The van der Waals surface area contributed by atoms with Gasteiger partial charge in [0, 0.05) is 11.4 Å². The number of anilines is 2. The lowest BCUT2D eigenvalue weighted by molar-refractivity contribution is 0.458. The Morgan fingerprint density at radius 3 is 1.07 bits per heavy atom. The number of rotatable bonds is 10. The van der Waals surface area contributed by atoms with Crippen LogP contribution in [-0.4, -0.2) is 0 Å². The van der Waals surface area contributed by atoms with Crippen LogP contribution in [0.5, 0.6) is 23.0 Å². The summed E-state index contributed by atoms with van der Waals surface area (Å²) in [6.45, 7) is 22.3. The van der Waals surface area contributed by atoms with Crippen LogP contribution in [0.3, 0.4) is 0 Å². The molecule has 55 heavy (non-hydrogen) atoms. The van der Waals surface area contributed by atoms with E-state index in [2.05, 4.69) is 142 Å². The van der Waals surface area contributed by atoms with E-state index < -0.39 is 5.41 Å². The Kier molecular flexibility index (Phi) is 10.1. The largest absolute Gasteiger partial charge is 0.456 e. The van der Waals surface area contributed by atoms with Crippen LogP contribution in [0.1, 0.15) is 135 Å². The van der Waals surface area contributed by atoms with Gasteiger partial charge in [0.25, 0.3) is 0 Å². The number of nitrogen functional groups attached to an aromatic ring is 2.